The van der Waals surface area contributed by atoms with Gasteiger partial charge in [0, 0.05) is 50.5 Å². The summed E-state index contributed by atoms with van der Waals surface area (Å²) in [5.41, 5.74) is 2.43. The van der Waals surface area contributed by atoms with E-state index in [-0.39, 0.29) is 12.0 Å². The van der Waals surface area contributed by atoms with Gasteiger partial charge in [-0.25, -0.2) is 4.99 Å². The molecule has 0 amide bonds. The Morgan fingerprint density at radius 2 is 1.93 bits per heavy atom. The zero-order valence-electron chi connectivity index (χ0n) is 17.0. The number of aliphatic hydroxyl groups is 1. The van der Waals surface area contributed by atoms with E-state index in [1.165, 1.54) is 11.3 Å². The Hall–Kier alpha value is -1.83. The summed E-state index contributed by atoms with van der Waals surface area (Å²) in [5.74, 6) is 0.809. The summed E-state index contributed by atoms with van der Waals surface area (Å²) in [6, 6.07) is 8.64. The van der Waals surface area contributed by atoms with E-state index in [0.29, 0.717) is 13.2 Å². The Bertz CT molecular complexity index is 609. The maximum Gasteiger partial charge on any atom is 0.191 e. The van der Waals surface area contributed by atoms with Crippen LogP contribution in [0.4, 0.5) is 5.69 Å². The monoisotopic (exact) mass is 390 g/mol. The van der Waals surface area contributed by atoms with Crippen LogP contribution in [-0.4, -0.2) is 70.3 Å². The fourth-order valence-corrected chi connectivity index (χ4v) is 3.73. The number of hydrogen-bond acceptors (Lipinski definition) is 5. The first-order valence-electron chi connectivity index (χ1n) is 10.4. The van der Waals surface area contributed by atoms with Gasteiger partial charge in [-0.1, -0.05) is 12.1 Å². The number of anilines is 1. The zero-order chi connectivity index (χ0) is 19.7. The number of rotatable bonds is 8. The molecule has 0 aromatic heterocycles. The molecule has 7 nitrogen and oxygen atoms in total. The van der Waals surface area contributed by atoms with Crippen LogP contribution >= 0.6 is 0 Å². The highest BCUT2D eigenvalue weighted by Gasteiger charge is 2.34. The summed E-state index contributed by atoms with van der Waals surface area (Å²) in [6.07, 6.45) is 1.73. The molecule has 7 heteroatoms. The third-order valence-corrected chi connectivity index (χ3v) is 5.53. The van der Waals surface area contributed by atoms with Gasteiger partial charge in [-0.2, -0.15) is 0 Å². The van der Waals surface area contributed by atoms with Gasteiger partial charge in [-0.05, 0) is 37.5 Å². The number of benzene rings is 1. The lowest BCUT2D eigenvalue weighted by Crippen LogP contribution is -2.44. The molecule has 28 heavy (non-hydrogen) atoms. The van der Waals surface area contributed by atoms with Crippen molar-refractivity contribution in [3.05, 3.63) is 29.8 Å². The molecule has 2 aliphatic rings. The zero-order valence-corrected chi connectivity index (χ0v) is 17.0. The summed E-state index contributed by atoms with van der Waals surface area (Å²) in [4.78, 5) is 7.09. The number of morpholine rings is 1. The maximum atomic E-state index is 9.39. The van der Waals surface area contributed by atoms with Crippen molar-refractivity contribution >= 4 is 11.6 Å². The predicted octanol–water partition coefficient (Wildman–Crippen LogP) is 1.37. The number of nitrogens with zero attached hydrogens (tertiary/aromatic N) is 2. The van der Waals surface area contributed by atoms with E-state index in [1.807, 2.05) is 0 Å². The number of guanidine groups is 1. The lowest BCUT2D eigenvalue weighted by atomic mass is 9.84. The maximum absolute atomic E-state index is 9.39. The average molecular weight is 391 g/mol. The summed E-state index contributed by atoms with van der Waals surface area (Å²) < 4.78 is 11.0. The second-order valence-electron chi connectivity index (χ2n) is 7.59. The Morgan fingerprint density at radius 1 is 1.14 bits per heavy atom. The lowest BCUT2D eigenvalue weighted by molar-refractivity contribution is 0.122. The van der Waals surface area contributed by atoms with Gasteiger partial charge in [0.2, 0.25) is 0 Å². The van der Waals surface area contributed by atoms with E-state index in [4.69, 9.17) is 14.5 Å². The molecule has 2 aliphatic heterocycles. The first kappa shape index (κ1) is 20.9. The van der Waals surface area contributed by atoms with Gasteiger partial charge in [-0.3, -0.25) is 0 Å². The number of ether oxygens (including phenoxy) is 2. The van der Waals surface area contributed by atoms with Gasteiger partial charge in [0.15, 0.2) is 5.96 Å². The summed E-state index contributed by atoms with van der Waals surface area (Å²) in [5, 5.41) is 16.1. The molecule has 1 unspecified atom stereocenters. The van der Waals surface area contributed by atoms with Crippen LogP contribution in [-0.2, 0) is 16.0 Å². The van der Waals surface area contributed by atoms with E-state index in [2.05, 4.69) is 46.7 Å². The minimum absolute atomic E-state index is 0.00471. The van der Waals surface area contributed by atoms with Crippen molar-refractivity contribution in [1.82, 2.24) is 10.6 Å². The topological polar surface area (TPSA) is 78.4 Å². The molecule has 0 spiro atoms. The standard InChI is InChI=1S/C21H34N4O3/c1-2-22-20(24-16-21(7-11-26)8-12-28-17-21)23-15-18-3-5-19(6-4-18)25-9-13-27-14-10-25/h3-6,26H,2,7-17H2,1H3,(H2,22,23,24). The van der Waals surface area contributed by atoms with Gasteiger partial charge in [0.25, 0.3) is 0 Å². The molecular weight excluding hydrogens is 356 g/mol. The Morgan fingerprint density at radius 3 is 2.57 bits per heavy atom. The highest BCUT2D eigenvalue weighted by atomic mass is 16.5. The fourth-order valence-electron chi connectivity index (χ4n) is 3.73. The minimum Gasteiger partial charge on any atom is -0.396 e. The number of aliphatic imine (C=N–C) groups is 1. The van der Waals surface area contributed by atoms with Gasteiger partial charge < -0.3 is 30.1 Å². The van der Waals surface area contributed by atoms with E-state index in [9.17, 15) is 5.11 Å². The third kappa shape index (κ3) is 5.83. The van der Waals surface area contributed by atoms with E-state index >= 15 is 0 Å². The molecule has 0 saturated carbocycles. The van der Waals surface area contributed by atoms with Gasteiger partial charge >= 0.3 is 0 Å². The van der Waals surface area contributed by atoms with Crippen LogP contribution in [0.25, 0.3) is 0 Å². The first-order chi connectivity index (χ1) is 13.7. The minimum atomic E-state index is 0.00471. The molecule has 2 saturated heterocycles. The van der Waals surface area contributed by atoms with Crippen molar-refractivity contribution in [3.63, 3.8) is 0 Å². The van der Waals surface area contributed by atoms with Crippen molar-refractivity contribution < 1.29 is 14.6 Å². The lowest BCUT2D eigenvalue weighted by Gasteiger charge is -2.29. The van der Waals surface area contributed by atoms with Crippen LogP contribution in [0.2, 0.25) is 0 Å². The van der Waals surface area contributed by atoms with Crippen LogP contribution < -0.4 is 15.5 Å². The van der Waals surface area contributed by atoms with Crippen LogP contribution in [0.1, 0.15) is 25.3 Å². The highest BCUT2D eigenvalue weighted by molar-refractivity contribution is 5.79. The second kappa shape index (κ2) is 10.6. The molecule has 0 aliphatic carbocycles. The molecule has 0 bridgehead atoms. The van der Waals surface area contributed by atoms with E-state index in [0.717, 1.165) is 64.8 Å². The number of nitrogens with one attached hydrogen (secondary N) is 2. The third-order valence-electron chi connectivity index (χ3n) is 5.53. The second-order valence-corrected chi connectivity index (χ2v) is 7.59. The van der Waals surface area contributed by atoms with Crippen LogP contribution in [0, 0.1) is 5.41 Å². The Balaban J connectivity index is 1.56. The molecular formula is C21H34N4O3. The summed E-state index contributed by atoms with van der Waals surface area (Å²) >= 11 is 0. The van der Waals surface area contributed by atoms with Crippen molar-refractivity contribution in [2.75, 3.05) is 64.1 Å². The highest BCUT2D eigenvalue weighted by Crippen LogP contribution is 2.31. The van der Waals surface area contributed by atoms with Crippen molar-refractivity contribution in [2.45, 2.75) is 26.3 Å². The van der Waals surface area contributed by atoms with E-state index in [1.54, 1.807) is 0 Å². The largest absolute Gasteiger partial charge is 0.396 e. The van der Waals surface area contributed by atoms with Gasteiger partial charge in [0.1, 0.15) is 0 Å². The number of aliphatic hydroxyl groups excluding tert-OH is 1. The van der Waals surface area contributed by atoms with Crippen LogP contribution in [0.5, 0.6) is 0 Å². The number of hydrogen-bond donors (Lipinski definition) is 3. The first-order valence-corrected chi connectivity index (χ1v) is 10.4. The molecule has 2 heterocycles. The predicted molar refractivity (Wildman–Crippen MR) is 112 cm³/mol. The molecule has 1 atom stereocenters. The molecule has 1 aromatic rings. The quantitative estimate of drug-likeness (QED) is 0.460. The van der Waals surface area contributed by atoms with Crippen molar-refractivity contribution in [2.24, 2.45) is 10.4 Å². The van der Waals surface area contributed by atoms with Gasteiger partial charge in [-0.15, -0.1) is 0 Å². The normalized spacial score (nSPS) is 23.1. The molecule has 156 valence electrons. The fraction of sp³-hybridized carbons (Fsp3) is 0.667. The molecule has 2 fully saturated rings. The molecule has 0 radical (unpaired) electrons. The Labute approximate surface area is 168 Å². The van der Waals surface area contributed by atoms with Crippen molar-refractivity contribution in [3.8, 4) is 0 Å². The van der Waals surface area contributed by atoms with Crippen LogP contribution in [0.3, 0.4) is 0 Å². The SMILES string of the molecule is CCNC(=NCc1ccc(N2CCOCC2)cc1)NCC1(CCO)CCOC1. The molecule has 1 aromatic carbocycles. The smallest absolute Gasteiger partial charge is 0.191 e. The van der Waals surface area contributed by atoms with Crippen LogP contribution in [0.15, 0.2) is 29.3 Å². The average Bonchev–Trinajstić information content (AvgIpc) is 3.20. The van der Waals surface area contributed by atoms with Crippen molar-refractivity contribution in [1.29, 1.82) is 0 Å². The molecule has 3 N–H and O–H groups in total. The van der Waals surface area contributed by atoms with E-state index < -0.39 is 0 Å². The summed E-state index contributed by atoms with van der Waals surface area (Å²) in [6.45, 7) is 9.41. The van der Waals surface area contributed by atoms with Gasteiger partial charge in [0.05, 0.1) is 26.4 Å². The molecule has 3 rings (SSSR count). The Kier molecular flexibility index (Phi) is 7.94. The summed E-state index contributed by atoms with van der Waals surface area (Å²) in [7, 11) is 0.